The molecule has 0 fully saturated rings. The molecule has 0 saturated heterocycles. The SMILES string of the molecule is Cc1c(C(=O)O)cccc1-c1cccc2ccccc12. The fraction of sp³-hybridized carbons (Fsp3) is 0.0556. The number of carboxylic acid groups (broad SMARTS) is 1. The fourth-order valence-electron chi connectivity index (χ4n) is 2.62. The smallest absolute Gasteiger partial charge is 0.335 e. The maximum atomic E-state index is 11.3. The first-order valence-electron chi connectivity index (χ1n) is 6.49. The van der Waals surface area contributed by atoms with E-state index < -0.39 is 5.97 Å². The molecule has 0 bridgehead atoms. The molecule has 0 aliphatic carbocycles. The van der Waals surface area contributed by atoms with E-state index >= 15 is 0 Å². The number of benzene rings is 3. The van der Waals surface area contributed by atoms with Gasteiger partial charge in [-0.1, -0.05) is 54.6 Å². The lowest BCUT2D eigenvalue weighted by molar-refractivity contribution is 0.0696. The van der Waals surface area contributed by atoms with Crippen LogP contribution in [0.2, 0.25) is 0 Å². The molecule has 2 nitrogen and oxygen atoms in total. The first-order valence-corrected chi connectivity index (χ1v) is 6.49. The Bertz CT molecular complexity index is 798. The van der Waals surface area contributed by atoms with E-state index in [1.165, 1.54) is 0 Å². The van der Waals surface area contributed by atoms with Gasteiger partial charge in [0.15, 0.2) is 0 Å². The lowest BCUT2D eigenvalue weighted by atomic mass is 9.93. The summed E-state index contributed by atoms with van der Waals surface area (Å²) in [5.41, 5.74) is 3.21. The zero-order valence-corrected chi connectivity index (χ0v) is 11.1. The Balaban J connectivity index is 2.32. The van der Waals surface area contributed by atoms with E-state index in [0.29, 0.717) is 5.56 Å². The summed E-state index contributed by atoms with van der Waals surface area (Å²) in [7, 11) is 0. The average molecular weight is 262 g/mol. The molecule has 0 amide bonds. The van der Waals surface area contributed by atoms with E-state index in [2.05, 4.69) is 18.2 Å². The van der Waals surface area contributed by atoms with Gasteiger partial charge in [-0.25, -0.2) is 4.79 Å². The summed E-state index contributed by atoms with van der Waals surface area (Å²) < 4.78 is 0. The molecule has 0 atom stereocenters. The lowest BCUT2D eigenvalue weighted by Gasteiger charge is -2.11. The van der Waals surface area contributed by atoms with Crippen molar-refractivity contribution in [2.75, 3.05) is 0 Å². The molecule has 0 unspecified atom stereocenters. The lowest BCUT2D eigenvalue weighted by Crippen LogP contribution is -2.00. The minimum Gasteiger partial charge on any atom is -0.478 e. The Kier molecular flexibility index (Phi) is 2.99. The van der Waals surface area contributed by atoms with Crippen molar-refractivity contribution < 1.29 is 9.90 Å². The van der Waals surface area contributed by atoms with Crippen molar-refractivity contribution in [3.8, 4) is 11.1 Å². The molecule has 98 valence electrons. The van der Waals surface area contributed by atoms with Crippen LogP contribution in [0.3, 0.4) is 0 Å². The van der Waals surface area contributed by atoms with Gasteiger partial charge >= 0.3 is 5.97 Å². The molecule has 1 N–H and O–H groups in total. The Hall–Kier alpha value is -2.61. The minimum absolute atomic E-state index is 0.357. The number of rotatable bonds is 2. The highest BCUT2D eigenvalue weighted by Crippen LogP contribution is 2.31. The van der Waals surface area contributed by atoms with E-state index in [1.807, 2.05) is 37.3 Å². The van der Waals surface area contributed by atoms with E-state index in [4.69, 9.17) is 0 Å². The summed E-state index contributed by atoms with van der Waals surface area (Å²) in [4.78, 5) is 11.3. The van der Waals surface area contributed by atoms with Crippen LogP contribution in [0, 0.1) is 6.92 Å². The summed E-state index contributed by atoms with van der Waals surface area (Å²) in [5.74, 6) is -0.885. The van der Waals surface area contributed by atoms with Crippen molar-refractivity contribution in [2.24, 2.45) is 0 Å². The highest BCUT2D eigenvalue weighted by Gasteiger charge is 2.12. The molecule has 0 aromatic heterocycles. The number of aromatic carboxylic acids is 1. The third-order valence-electron chi connectivity index (χ3n) is 3.64. The van der Waals surface area contributed by atoms with E-state index in [0.717, 1.165) is 27.5 Å². The van der Waals surface area contributed by atoms with E-state index in [1.54, 1.807) is 12.1 Å². The van der Waals surface area contributed by atoms with Crippen LogP contribution in [0.25, 0.3) is 21.9 Å². The molecule has 0 aliphatic heterocycles. The molecule has 20 heavy (non-hydrogen) atoms. The first-order chi connectivity index (χ1) is 9.68. The molecular weight excluding hydrogens is 248 g/mol. The van der Waals surface area contributed by atoms with Crippen LogP contribution < -0.4 is 0 Å². The summed E-state index contributed by atoms with van der Waals surface area (Å²) in [5, 5.41) is 11.5. The monoisotopic (exact) mass is 262 g/mol. The second kappa shape index (κ2) is 4.82. The number of hydrogen-bond acceptors (Lipinski definition) is 1. The van der Waals surface area contributed by atoms with Crippen molar-refractivity contribution in [2.45, 2.75) is 6.92 Å². The highest BCUT2D eigenvalue weighted by molar-refractivity contribution is 5.99. The minimum atomic E-state index is -0.885. The first kappa shape index (κ1) is 12.4. The van der Waals surface area contributed by atoms with E-state index in [-0.39, 0.29) is 0 Å². The molecule has 0 saturated carbocycles. The standard InChI is InChI=1S/C18H14O2/c1-12-14(9-5-10-15(12)18(19)20)17-11-4-7-13-6-2-3-8-16(13)17/h2-11H,1H3,(H,19,20). The Morgan fingerprint density at radius 3 is 2.30 bits per heavy atom. The zero-order chi connectivity index (χ0) is 14.1. The Morgan fingerprint density at radius 1 is 0.850 bits per heavy atom. The summed E-state index contributed by atoms with van der Waals surface area (Å²) in [6, 6.07) is 19.7. The third kappa shape index (κ3) is 1.95. The van der Waals surface area contributed by atoms with Gasteiger partial charge in [-0.15, -0.1) is 0 Å². The normalized spacial score (nSPS) is 10.7. The maximum absolute atomic E-state index is 11.3. The Morgan fingerprint density at radius 2 is 1.50 bits per heavy atom. The number of carbonyl (C=O) groups is 1. The largest absolute Gasteiger partial charge is 0.478 e. The van der Waals surface area contributed by atoms with Gasteiger partial charge in [0, 0.05) is 0 Å². The Labute approximate surface area is 117 Å². The van der Waals surface area contributed by atoms with Gasteiger partial charge in [-0.05, 0) is 40.5 Å². The zero-order valence-electron chi connectivity index (χ0n) is 11.1. The van der Waals surface area contributed by atoms with Crippen LogP contribution in [0.4, 0.5) is 0 Å². The summed E-state index contributed by atoms with van der Waals surface area (Å²) in [6.45, 7) is 1.86. The number of carboxylic acids is 1. The van der Waals surface area contributed by atoms with Crippen LogP contribution in [-0.4, -0.2) is 11.1 Å². The van der Waals surface area contributed by atoms with Gasteiger partial charge in [-0.3, -0.25) is 0 Å². The molecule has 3 aromatic rings. The molecule has 2 heteroatoms. The second-order valence-electron chi connectivity index (χ2n) is 4.81. The van der Waals surface area contributed by atoms with E-state index in [9.17, 15) is 9.90 Å². The average Bonchev–Trinajstić information content (AvgIpc) is 2.47. The predicted octanol–water partition coefficient (Wildman–Crippen LogP) is 4.51. The van der Waals surface area contributed by atoms with Crippen LogP contribution in [0.1, 0.15) is 15.9 Å². The van der Waals surface area contributed by atoms with Crippen LogP contribution in [0.15, 0.2) is 60.7 Å². The van der Waals surface area contributed by atoms with Gasteiger partial charge in [0.2, 0.25) is 0 Å². The molecule has 3 rings (SSSR count). The molecule has 0 radical (unpaired) electrons. The summed E-state index contributed by atoms with van der Waals surface area (Å²) in [6.07, 6.45) is 0. The number of fused-ring (bicyclic) bond motifs is 1. The molecule has 0 heterocycles. The van der Waals surface area contributed by atoms with Gasteiger partial charge in [-0.2, -0.15) is 0 Å². The molecule has 3 aromatic carbocycles. The van der Waals surface area contributed by atoms with Crippen molar-refractivity contribution in [1.82, 2.24) is 0 Å². The predicted molar refractivity (Wildman–Crippen MR) is 81.1 cm³/mol. The van der Waals surface area contributed by atoms with Crippen LogP contribution >= 0.6 is 0 Å². The van der Waals surface area contributed by atoms with Gasteiger partial charge in [0.25, 0.3) is 0 Å². The molecule has 0 spiro atoms. The fourth-order valence-corrected chi connectivity index (χ4v) is 2.62. The highest BCUT2D eigenvalue weighted by atomic mass is 16.4. The topological polar surface area (TPSA) is 37.3 Å². The molecular formula is C18H14O2. The quantitative estimate of drug-likeness (QED) is 0.737. The second-order valence-corrected chi connectivity index (χ2v) is 4.81. The number of hydrogen-bond donors (Lipinski definition) is 1. The van der Waals surface area contributed by atoms with Gasteiger partial charge < -0.3 is 5.11 Å². The third-order valence-corrected chi connectivity index (χ3v) is 3.64. The van der Waals surface area contributed by atoms with Crippen LogP contribution in [0.5, 0.6) is 0 Å². The van der Waals surface area contributed by atoms with Crippen molar-refractivity contribution in [3.05, 3.63) is 71.8 Å². The van der Waals surface area contributed by atoms with Crippen molar-refractivity contribution in [3.63, 3.8) is 0 Å². The van der Waals surface area contributed by atoms with Gasteiger partial charge in [0.1, 0.15) is 0 Å². The molecule has 0 aliphatic rings. The van der Waals surface area contributed by atoms with Crippen molar-refractivity contribution >= 4 is 16.7 Å². The van der Waals surface area contributed by atoms with Crippen LogP contribution in [-0.2, 0) is 0 Å². The summed E-state index contributed by atoms with van der Waals surface area (Å²) >= 11 is 0. The van der Waals surface area contributed by atoms with Gasteiger partial charge in [0.05, 0.1) is 5.56 Å². The maximum Gasteiger partial charge on any atom is 0.335 e. The van der Waals surface area contributed by atoms with Crippen molar-refractivity contribution in [1.29, 1.82) is 0 Å².